The number of rotatable bonds is 9. The summed E-state index contributed by atoms with van der Waals surface area (Å²) in [4.78, 5) is 22.7. The molecule has 5 N–H and O–H groups in total. The zero-order valence-electron chi connectivity index (χ0n) is 20.9. The molecule has 1 unspecified atom stereocenters. The van der Waals surface area contributed by atoms with Gasteiger partial charge in [0, 0.05) is 29.0 Å². The first-order valence-corrected chi connectivity index (χ1v) is 11.7. The average molecular weight is 558 g/mol. The van der Waals surface area contributed by atoms with Crippen LogP contribution in [0.3, 0.4) is 0 Å². The normalized spacial score (nSPS) is 12.9. The van der Waals surface area contributed by atoms with Crippen molar-refractivity contribution < 1.29 is 36.9 Å². The molecular weight excluding hydrogens is 534 g/mol. The van der Waals surface area contributed by atoms with E-state index in [-0.39, 0.29) is 23.6 Å². The summed E-state index contributed by atoms with van der Waals surface area (Å²) in [5.74, 6) is -2.81. The van der Waals surface area contributed by atoms with Gasteiger partial charge >= 0.3 is 12.1 Å². The number of benzene rings is 2. The fraction of sp³-hybridized carbons (Fsp3) is 0.185. The SMILES string of the molecule is COc1cncc(-c2ccc([C@H](Oc3cc(-c4ccc(CC(N)C(=O)O)cc4)nc(N)n3)C(F)(F)F)c(F)c2)c1. The van der Waals surface area contributed by atoms with Crippen LogP contribution in [-0.4, -0.2) is 45.4 Å². The van der Waals surface area contributed by atoms with Crippen LogP contribution < -0.4 is 20.9 Å². The standard InChI is InChI=1S/C27H23F4N5O4/c1-39-18-9-17(12-34-13-18)16-6-7-19(20(28)10-16)24(27(29,30)31)40-23-11-22(35-26(33)36-23)15-4-2-14(3-5-15)8-21(32)25(37)38/h2-7,9-13,21,24H,8,32H2,1H3,(H,37,38)(H2,33,35,36)/t21?,24-/m0/s1. The molecule has 0 saturated heterocycles. The molecule has 0 aliphatic heterocycles. The summed E-state index contributed by atoms with van der Waals surface area (Å²) >= 11 is 0. The first kappa shape index (κ1) is 28.2. The zero-order chi connectivity index (χ0) is 29.0. The largest absolute Gasteiger partial charge is 0.495 e. The van der Waals surface area contributed by atoms with Gasteiger partial charge in [-0.15, -0.1) is 0 Å². The lowest BCUT2D eigenvalue weighted by Crippen LogP contribution is -2.32. The third-order valence-electron chi connectivity index (χ3n) is 5.84. The van der Waals surface area contributed by atoms with Crippen LogP contribution in [0.25, 0.3) is 22.4 Å². The summed E-state index contributed by atoms with van der Waals surface area (Å²) in [6.07, 6.45) is -4.78. The van der Waals surface area contributed by atoms with Crippen LogP contribution >= 0.6 is 0 Å². The number of anilines is 1. The van der Waals surface area contributed by atoms with E-state index in [9.17, 15) is 18.0 Å². The number of carbonyl (C=O) groups is 1. The molecule has 0 spiro atoms. The summed E-state index contributed by atoms with van der Waals surface area (Å²) in [5, 5.41) is 8.97. The number of nitrogens with zero attached hydrogens (tertiary/aromatic N) is 3. The maximum absolute atomic E-state index is 15.1. The first-order chi connectivity index (χ1) is 18.9. The van der Waals surface area contributed by atoms with Crippen molar-refractivity contribution in [3.05, 3.63) is 83.9 Å². The van der Waals surface area contributed by atoms with E-state index in [1.54, 1.807) is 30.3 Å². The second-order valence-electron chi connectivity index (χ2n) is 8.68. The number of methoxy groups -OCH3 is 1. The number of ether oxygens (including phenoxy) is 2. The maximum atomic E-state index is 15.1. The number of nitrogens with two attached hydrogens (primary N) is 2. The molecule has 0 aliphatic carbocycles. The number of carboxylic acid groups (broad SMARTS) is 1. The highest BCUT2D eigenvalue weighted by atomic mass is 19.4. The van der Waals surface area contributed by atoms with Gasteiger partial charge in [0.15, 0.2) is 0 Å². The number of carboxylic acids is 1. The van der Waals surface area contributed by atoms with Crippen molar-refractivity contribution >= 4 is 11.9 Å². The van der Waals surface area contributed by atoms with Crippen molar-refractivity contribution in [3.63, 3.8) is 0 Å². The predicted molar refractivity (Wildman–Crippen MR) is 137 cm³/mol. The second kappa shape index (κ2) is 11.5. The van der Waals surface area contributed by atoms with Crippen LogP contribution in [0.4, 0.5) is 23.5 Å². The number of halogens is 4. The lowest BCUT2D eigenvalue weighted by atomic mass is 10.0. The zero-order valence-corrected chi connectivity index (χ0v) is 20.9. The van der Waals surface area contributed by atoms with Gasteiger partial charge in [0.05, 0.1) is 19.0 Å². The van der Waals surface area contributed by atoms with Gasteiger partial charge in [-0.1, -0.05) is 36.4 Å². The van der Waals surface area contributed by atoms with Gasteiger partial charge in [-0.3, -0.25) is 9.78 Å². The number of aliphatic carboxylic acids is 1. The third kappa shape index (κ3) is 6.61. The fourth-order valence-corrected chi connectivity index (χ4v) is 3.84. The fourth-order valence-electron chi connectivity index (χ4n) is 3.84. The molecule has 13 heteroatoms. The Morgan fingerprint density at radius 1 is 1.00 bits per heavy atom. The third-order valence-corrected chi connectivity index (χ3v) is 5.84. The highest BCUT2D eigenvalue weighted by molar-refractivity contribution is 5.73. The molecule has 2 atom stereocenters. The van der Waals surface area contributed by atoms with E-state index < -0.39 is 41.6 Å². The minimum Gasteiger partial charge on any atom is -0.495 e. The van der Waals surface area contributed by atoms with Crippen molar-refractivity contribution in [2.75, 3.05) is 12.8 Å². The molecule has 0 saturated carbocycles. The molecule has 208 valence electrons. The highest BCUT2D eigenvalue weighted by Crippen LogP contribution is 2.39. The Morgan fingerprint density at radius 3 is 2.33 bits per heavy atom. The second-order valence-corrected chi connectivity index (χ2v) is 8.68. The van der Waals surface area contributed by atoms with E-state index in [4.69, 9.17) is 26.0 Å². The van der Waals surface area contributed by atoms with Crippen LogP contribution in [0.5, 0.6) is 11.6 Å². The van der Waals surface area contributed by atoms with Crippen LogP contribution in [0.1, 0.15) is 17.2 Å². The van der Waals surface area contributed by atoms with Gasteiger partial charge in [0.2, 0.25) is 17.9 Å². The number of hydrogen-bond acceptors (Lipinski definition) is 8. The van der Waals surface area contributed by atoms with Gasteiger partial charge < -0.3 is 26.0 Å². The summed E-state index contributed by atoms with van der Waals surface area (Å²) < 4.78 is 67.6. The number of alkyl halides is 3. The number of hydrogen-bond donors (Lipinski definition) is 3. The van der Waals surface area contributed by atoms with Crippen LogP contribution in [-0.2, 0) is 11.2 Å². The maximum Gasteiger partial charge on any atom is 0.429 e. The van der Waals surface area contributed by atoms with E-state index >= 15 is 4.39 Å². The smallest absolute Gasteiger partial charge is 0.429 e. The van der Waals surface area contributed by atoms with Gasteiger partial charge in [-0.05, 0) is 29.7 Å². The Bertz CT molecular complexity index is 1520. The van der Waals surface area contributed by atoms with E-state index in [2.05, 4.69) is 15.0 Å². The summed E-state index contributed by atoms with van der Waals surface area (Å²) in [7, 11) is 1.43. The Hall–Kier alpha value is -4.78. The van der Waals surface area contributed by atoms with Gasteiger partial charge in [0.1, 0.15) is 17.6 Å². The molecule has 0 amide bonds. The van der Waals surface area contributed by atoms with Gasteiger partial charge in [0.25, 0.3) is 0 Å². The monoisotopic (exact) mass is 557 g/mol. The predicted octanol–water partition coefficient (Wildman–Crippen LogP) is 4.57. The minimum atomic E-state index is -5.01. The van der Waals surface area contributed by atoms with Crippen molar-refractivity contribution in [2.24, 2.45) is 5.73 Å². The quantitative estimate of drug-likeness (QED) is 0.252. The van der Waals surface area contributed by atoms with Crippen LogP contribution in [0, 0.1) is 5.82 Å². The molecule has 0 fully saturated rings. The number of pyridine rings is 1. The van der Waals surface area contributed by atoms with E-state index in [0.717, 1.165) is 18.2 Å². The van der Waals surface area contributed by atoms with Crippen molar-refractivity contribution in [1.29, 1.82) is 0 Å². The molecule has 9 nitrogen and oxygen atoms in total. The van der Waals surface area contributed by atoms with Crippen molar-refractivity contribution in [3.8, 4) is 34.0 Å². The minimum absolute atomic E-state index is 0.0713. The lowest BCUT2D eigenvalue weighted by Gasteiger charge is -2.22. The number of nitrogen functional groups attached to an aromatic ring is 1. The Morgan fingerprint density at radius 2 is 1.70 bits per heavy atom. The number of aromatic nitrogens is 3. The van der Waals surface area contributed by atoms with Crippen molar-refractivity contribution in [1.82, 2.24) is 15.0 Å². The Labute approximate surface area is 225 Å². The molecule has 4 rings (SSSR count). The van der Waals surface area contributed by atoms with E-state index in [0.29, 0.717) is 22.4 Å². The summed E-state index contributed by atoms with van der Waals surface area (Å²) in [5.41, 5.74) is 12.5. The van der Waals surface area contributed by atoms with E-state index in [1.807, 2.05) is 0 Å². The molecule has 2 aromatic carbocycles. The molecule has 40 heavy (non-hydrogen) atoms. The Balaban J connectivity index is 1.62. The van der Waals surface area contributed by atoms with Crippen LogP contribution in [0.2, 0.25) is 0 Å². The summed E-state index contributed by atoms with van der Waals surface area (Å²) in [6, 6.07) is 11.2. The Kier molecular flexibility index (Phi) is 8.14. The molecule has 4 aromatic rings. The van der Waals surface area contributed by atoms with E-state index in [1.165, 1.54) is 25.6 Å². The molecule has 0 bridgehead atoms. The molecule has 0 aliphatic rings. The molecule has 0 radical (unpaired) electrons. The summed E-state index contributed by atoms with van der Waals surface area (Å²) in [6.45, 7) is 0. The molecule has 2 aromatic heterocycles. The first-order valence-electron chi connectivity index (χ1n) is 11.7. The molecular formula is C27H23F4N5O4. The topological polar surface area (TPSA) is 146 Å². The van der Waals surface area contributed by atoms with Crippen LogP contribution in [0.15, 0.2) is 67.0 Å². The average Bonchev–Trinajstić information content (AvgIpc) is 2.91. The van der Waals surface area contributed by atoms with Gasteiger partial charge in [-0.2, -0.15) is 18.2 Å². The van der Waals surface area contributed by atoms with Gasteiger partial charge in [-0.25, -0.2) is 9.37 Å². The highest BCUT2D eigenvalue weighted by Gasteiger charge is 2.45. The molecule has 2 heterocycles. The lowest BCUT2D eigenvalue weighted by molar-refractivity contribution is -0.199. The van der Waals surface area contributed by atoms with Crippen molar-refractivity contribution in [2.45, 2.75) is 24.7 Å².